The lowest BCUT2D eigenvalue weighted by atomic mass is 10.6. The van der Waals surface area contributed by atoms with Crippen LogP contribution in [0.2, 0.25) is 0 Å². The van der Waals surface area contributed by atoms with Gasteiger partial charge >= 0.3 is 0 Å². The van der Waals surface area contributed by atoms with Crippen molar-refractivity contribution in [1.82, 2.24) is 0 Å². The Morgan fingerprint density at radius 1 is 0.444 bits per heavy atom. The topological polar surface area (TPSA) is 47.6 Å². The zero-order chi connectivity index (χ0) is 32.0. The molecule has 0 spiro atoms. The van der Waals surface area contributed by atoms with Gasteiger partial charge in [0.15, 0.2) is 0 Å². The van der Waals surface area contributed by atoms with E-state index in [0.29, 0.717) is 12.8 Å². The summed E-state index contributed by atoms with van der Waals surface area (Å²) in [6.45, 7) is 0. The predicted molar refractivity (Wildman–Crippen MR) is 241 cm³/mol. The Hall–Kier alpha value is 2.50. The Kier molecular flexibility index (Phi) is 20.1. The summed E-state index contributed by atoms with van der Waals surface area (Å²) in [7, 11) is 0. The quantitative estimate of drug-likeness (QED) is 0.109. The molecule has 4 aliphatic rings. The highest BCUT2D eigenvalue weighted by molar-refractivity contribution is 8.44. The van der Waals surface area contributed by atoms with Crippen LogP contribution in [0.4, 0.5) is 0 Å². The van der Waals surface area contributed by atoms with E-state index in [9.17, 15) is 0 Å². The molecule has 0 aliphatic carbocycles. The van der Waals surface area contributed by atoms with Gasteiger partial charge in [0.1, 0.15) is 0 Å². The predicted octanol–water partition coefficient (Wildman–Crippen LogP) is 14.9. The van der Waals surface area contributed by atoms with Crippen LogP contribution >= 0.6 is 188 Å². The molecule has 0 aromatic rings. The summed E-state index contributed by atoms with van der Waals surface area (Å²) < 4.78 is 16.1. The lowest BCUT2D eigenvalue weighted by Gasteiger charge is -2.06. The molecule has 0 amide bonds. The average Bonchev–Trinajstić information content (AvgIpc) is 3.84. The Balaban J connectivity index is 1.38. The van der Waals surface area contributed by atoms with Gasteiger partial charge in [0.25, 0.3) is 0 Å². The van der Waals surface area contributed by atoms with Gasteiger partial charge in [-0.05, 0) is 49.3 Å². The van der Waals surface area contributed by atoms with Crippen molar-refractivity contribution in [2.75, 3.05) is 41.6 Å². The molecule has 4 heterocycles. The minimum absolute atomic E-state index is 0.558. The summed E-state index contributed by atoms with van der Waals surface area (Å²) in [5, 5.41) is 19.1. The first kappa shape index (κ1) is 40.3. The number of allylic oxidation sites excluding steroid dienone is 4. The van der Waals surface area contributed by atoms with E-state index < -0.39 is 0 Å². The number of rotatable bonds is 16. The SMILES string of the molecule is CSC1=C(SC)SC(=CC=C2SC(SCCC#N)=C(SCSC3=C(SCCC#N)SC(=CC=C4SC(SC)=C(SC)S4)S3)S2)S1. The maximum Gasteiger partial charge on any atom is 0.0668 e. The first-order chi connectivity index (χ1) is 22.0. The summed E-state index contributed by atoms with van der Waals surface area (Å²) in [6.07, 6.45) is 18.8. The van der Waals surface area contributed by atoms with Gasteiger partial charge in [-0.15, -0.1) is 94.1 Å². The third-order valence-electron chi connectivity index (χ3n) is 4.94. The van der Waals surface area contributed by atoms with Crippen LogP contribution in [-0.4, -0.2) is 41.6 Å². The van der Waals surface area contributed by atoms with Gasteiger partial charge in [-0.25, -0.2) is 0 Å². The molecular weight excluding hydrogens is 865 g/mol. The Bertz CT molecular complexity index is 1310. The molecule has 2 nitrogen and oxygen atoms in total. The summed E-state index contributed by atoms with van der Waals surface area (Å²) in [4.78, 5) is 0. The van der Waals surface area contributed by atoms with E-state index in [1.165, 1.54) is 50.8 Å². The summed E-state index contributed by atoms with van der Waals surface area (Å²) in [6, 6.07) is 4.58. The monoisotopic (exact) mass is 890 g/mol. The maximum absolute atomic E-state index is 9.10. The Morgan fingerprint density at radius 2 is 0.711 bits per heavy atom. The molecule has 0 aromatic heterocycles. The van der Waals surface area contributed by atoms with Crippen molar-refractivity contribution in [1.29, 1.82) is 10.5 Å². The van der Waals surface area contributed by atoms with Crippen molar-refractivity contribution in [3.63, 3.8) is 0 Å². The van der Waals surface area contributed by atoms with Crippen molar-refractivity contribution < 1.29 is 0 Å². The molecule has 0 N–H and O–H groups in total. The van der Waals surface area contributed by atoms with Crippen molar-refractivity contribution in [3.8, 4) is 12.1 Å². The average molecular weight is 892 g/mol. The lowest BCUT2D eigenvalue weighted by Crippen LogP contribution is -1.79. The molecule has 4 rings (SSSR count). The van der Waals surface area contributed by atoms with Gasteiger partial charge in [-0.1, -0.05) is 94.1 Å². The first-order valence-electron chi connectivity index (χ1n) is 12.7. The largest absolute Gasteiger partial charge is 0.198 e. The molecule has 0 bridgehead atoms. The third kappa shape index (κ3) is 12.9. The highest BCUT2D eigenvalue weighted by Crippen LogP contribution is 2.62. The van der Waals surface area contributed by atoms with E-state index in [2.05, 4.69) is 61.5 Å². The number of nitriles is 2. The summed E-state index contributed by atoms with van der Waals surface area (Å²) in [5.41, 5.74) is 0. The van der Waals surface area contributed by atoms with Gasteiger partial charge in [-0.3, -0.25) is 0 Å². The molecule has 0 aromatic carbocycles. The minimum Gasteiger partial charge on any atom is -0.198 e. The van der Waals surface area contributed by atoms with E-state index in [0.717, 1.165) is 16.6 Å². The van der Waals surface area contributed by atoms with Gasteiger partial charge in [-0.2, -0.15) is 10.5 Å². The van der Waals surface area contributed by atoms with E-state index >= 15 is 0 Å². The molecule has 0 atom stereocenters. The fourth-order valence-electron chi connectivity index (χ4n) is 3.06. The first-order valence-corrected chi connectivity index (χ1v) is 28.0. The van der Waals surface area contributed by atoms with Crippen LogP contribution in [0.5, 0.6) is 0 Å². The van der Waals surface area contributed by atoms with E-state index in [1.807, 2.05) is 165 Å². The molecular formula is C27H26N2S16. The fraction of sp³-hybridized carbons (Fsp3) is 0.333. The highest BCUT2D eigenvalue weighted by atomic mass is 32.3. The number of thioether (sulfide) groups is 16. The van der Waals surface area contributed by atoms with E-state index in [4.69, 9.17) is 10.5 Å². The molecule has 0 fully saturated rings. The second-order valence-corrected chi connectivity index (χ2v) is 27.1. The van der Waals surface area contributed by atoms with E-state index in [-0.39, 0.29) is 0 Å². The van der Waals surface area contributed by atoms with Crippen LogP contribution in [0, 0.1) is 22.7 Å². The zero-order valence-corrected chi connectivity index (χ0v) is 37.3. The summed E-state index contributed by atoms with van der Waals surface area (Å²) >= 11 is 29.6. The molecule has 45 heavy (non-hydrogen) atoms. The van der Waals surface area contributed by atoms with Crippen LogP contribution in [-0.2, 0) is 0 Å². The minimum atomic E-state index is 0.558. The molecule has 4 aliphatic heterocycles. The van der Waals surface area contributed by atoms with Crippen LogP contribution in [0.3, 0.4) is 0 Å². The van der Waals surface area contributed by atoms with Gasteiger partial charge in [0, 0.05) is 29.4 Å². The third-order valence-corrected chi connectivity index (χ3v) is 26.2. The van der Waals surface area contributed by atoms with E-state index in [1.54, 1.807) is 23.5 Å². The second-order valence-electron chi connectivity index (χ2n) is 7.80. The zero-order valence-electron chi connectivity index (χ0n) is 24.3. The maximum atomic E-state index is 9.10. The van der Waals surface area contributed by atoms with Crippen LogP contribution < -0.4 is 0 Å². The van der Waals surface area contributed by atoms with Crippen molar-refractivity contribution in [2.45, 2.75) is 12.8 Å². The number of hydrogen-bond donors (Lipinski definition) is 0. The van der Waals surface area contributed by atoms with Crippen LogP contribution in [0.1, 0.15) is 12.8 Å². The second kappa shape index (κ2) is 22.4. The molecule has 0 saturated carbocycles. The molecule has 0 saturated heterocycles. The molecule has 240 valence electrons. The van der Waals surface area contributed by atoms with Crippen molar-refractivity contribution in [3.05, 3.63) is 75.2 Å². The standard InChI is InChI=1S/C27H26N2S16/c1-30-20-21(31-2)39-16(38-20)7-9-18-42-24(34-13-5-11-28)26(44-18)36-15-37-27-25(35-14-6-12-29)43-19(45-27)10-8-17-40-22(32-3)23(33-4)41-17/h7-10H,5-6,13-15H2,1-4H3. The number of nitrogens with zero attached hydrogens (tertiary/aromatic N) is 2. The molecule has 0 radical (unpaired) electrons. The van der Waals surface area contributed by atoms with Crippen LogP contribution in [0.25, 0.3) is 0 Å². The molecule has 0 unspecified atom stereocenters. The normalized spacial score (nSPS) is 20.5. The van der Waals surface area contributed by atoms with Crippen molar-refractivity contribution in [2.24, 2.45) is 0 Å². The Labute approximate surface area is 335 Å². The van der Waals surface area contributed by atoms with Gasteiger partial charge < -0.3 is 0 Å². The van der Waals surface area contributed by atoms with Crippen LogP contribution in [0.15, 0.2) is 75.2 Å². The van der Waals surface area contributed by atoms with Gasteiger partial charge in [0.2, 0.25) is 0 Å². The van der Waals surface area contributed by atoms with Gasteiger partial charge in [0.05, 0.1) is 63.0 Å². The fourth-order valence-corrected chi connectivity index (χ4v) is 24.4. The number of hydrogen-bond acceptors (Lipinski definition) is 18. The highest BCUT2D eigenvalue weighted by Gasteiger charge is 2.26. The molecule has 18 heteroatoms. The Morgan fingerprint density at radius 3 is 0.978 bits per heavy atom. The van der Waals surface area contributed by atoms with Crippen molar-refractivity contribution >= 4 is 188 Å². The summed E-state index contributed by atoms with van der Waals surface area (Å²) in [5.74, 6) is 1.64. The lowest BCUT2D eigenvalue weighted by molar-refractivity contribution is 1.24. The smallest absolute Gasteiger partial charge is 0.0668 e.